The van der Waals surface area contributed by atoms with Crippen molar-refractivity contribution in [1.82, 2.24) is 14.8 Å². The Kier molecular flexibility index (Phi) is 3.61. The molecule has 0 aliphatic heterocycles. The van der Waals surface area contributed by atoms with Crippen LogP contribution in [0.5, 0.6) is 0 Å². The van der Waals surface area contributed by atoms with E-state index in [0.29, 0.717) is 4.77 Å². The number of H-pyrrole nitrogens is 1. The number of hydrogen-bond acceptors (Lipinski definition) is 2. The molecule has 0 atom stereocenters. The summed E-state index contributed by atoms with van der Waals surface area (Å²) in [6, 6.07) is 5.93. The molecule has 3 nitrogen and oxygen atoms in total. The van der Waals surface area contributed by atoms with Crippen molar-refractivity contribution >= 4 is 44.1 Å². The summed E-state index contributed by atoms with van der Waals surface area (Å²) in [6.07, 6.45) is 0.820. The molecule has 1 heterocycles. The van der Waals surface area contributed by atoms with Crippen LogP contribution < -0.4 is 0 Å². The summed E-state index contributed by atoms with van der Waals surface area (Å²) in [5.74, 6) is 0.914. The summed E-state index contributed by atoms with van der Waals surface area (Å²) >= 11 is 12.3. The van der Waals surface area contributed by atoms with Crippen LogP contribution in [0.2, 0.25) is 0 Å². The molecule has 0 bridgehead atoms. The topological polar surface area (TPSA) is 33.6 Å². The van der Waals surface area contributed by atoms with E-state index in [2.05, 4.69) is 42.1 Å². The summed E-state index contributed by atoms with van der Waals surface area (Å²) in [7, 11) is 0. The summed E-state index contributed by atoms with van der Waals surface area (Å²) in [6.45, 7) is 2.05. The van der Waals surface area contributed by atoms with E-state index in [1.54, 1.807) is 0 Å². The lowest BCUT2D eigenvalue weighted by atomic mass is 10.3. The first-order chi connectivity index (χ1) is 7.65. The number of aromatic nitrogens is 3. The summed E-state index contributed by atoms with van der Waals surface area (Å²) < 4.78 is 4.50. The average Bonchev–Trinajstić information content (AvgIpc) is 2.60. The molecule has 1 aromatic carbocycles. The second-order valence-corrected chi connectivity index (χ2v) is 5.30. The van der Waals surface area contributed by atoms with E-state index in [1.165, 1.54) is 0 Å². The van der Waals surface area contributed by atoms with Crippen LogP contribution >= 0.6 is 44.1 Å². The first-order valence-corrected chi connectivity index (χ1v) is 6.75. The third-order valence-electron chi connectivity index (χ3n) is 2.22. The molecular weight excluding hydrogens is 354 g/mol. The molecule has 0 fully saturated rings. The molecule has 1 aromatic heterocycles. The zero-order chi connectivity index (χ0) is 11.7. The number of halogens is 2. The molecule has 2 aromatic rings. The van der Waals surface area contributed by atoms with Crippen molar-refractivity contribution in [3.63, 3.8) is 0 Å². The number of aromatic amines is 1. The standard InChI is InChI=1S/C10H9Br2N3S/c1-2-8-13-14-10(16)15(8)9-6(11)4-3-5-7(9)12/h3-5H,2H2,1H3,(H,14,16). The number of aryl methyl sites for hydroxylation is 1. The van der Waals surface area contributed by atoms with Crippen molar-refractivity contribution in [2.75, 3.05) is 0 Å². The van der Waals surface area contributed by atoms with Crippen molar-refractivity contribution in [2.24, 2.45) is 0 Å². The van der Waals surface area contributed by atoms with Crippen LogP contribution in [0, 0.1) is 4.77 Å². The number of para-hydroxylation sites is 1. The lowest BCUT2D eigenvalue weighted by Crippen LogP contribution is -2.02. The molecule has 1 N–H and O–H groups in total. The largest absolute Gasteiger partial charge is 0.270 e. The lowest BCUT2D eigenvalue weighted by Gasteiger charge is -2.09. The Morgan fingerprint density at radius 1 is 1.38 bits per heavy atom. The molecule has 0 saturated heterocycles. The fourth-order valence-corrected chi connectivity index (χ4v) is 3.10. The second-order valence-electron chi connectivity index (χ2n) is 3.20. The van der Waals surface area contributed by atoms with Gasteiger partial charge in [0.05, 0.1) is 5.69 Å². The molecule has 6 heteroatoms. The summed E-state index contributed by atoms with van der Waals surface area (Å²) in [5, 5.41) is 7.01. The lowest BCUT2D eigenvalue weighted by molar-refractivity contribution is 0.875. The van der Waals surface area contributed by atoms with Crippen LogP contribution in [0.1, 0.15) is 12.7 Å². The highest BCUT2D eigenvalue weighted by Crippen LogP contribution is 2.29. The average molecular weight is 363 g/mol. The van der Waals surface area contributed by atoms with Crippen LogP contribution in [0.25, 0.3) is 5.69 Å². The Bertz CT molecular complexity index is 553. The minimum Gasteiger partial charge on any atom is -0.270 e. The van der Waals surface area contributed by atoms with E-state index in [-0.39, 0.29) is 0 Å². The second kappa shape index (κ2) is 4.81. The molecule has 84 valence electrons. The van der Waals surface area contributed by atoms with Crippen molar-refractivity contribution in [3.8, 4) is 5.69 Å². The third-order valence-corrected chi connectivity index (χ3v) is 3.77. The Balaban J connectivity index is 2.76. The number of nitrogens with zero attached hydrogens (tertiary/aromatic N) is 2. The smallest absolute Gasteiger partial charge is 0.199 e. The number of rotatable bonds is 2. The SMILES string of the molecule is CCc1n[nH]c(=S)n1-c1c(Br)cccc1Br. The van der Waals surface area contributed by atoms with Crippen molar-refractivity contribution < 1.29 is 0 Å². The third kappa shape index (κ3) is 2.01. The van der Waals surface area contributed by atoms with Gasteiger partial charge in [-0.2, -0.15) is 5.10 Å². The van der Waals surface area contributed by atoms with Gasteiger partial charge in [0.1, 0.15) is 5.82 Å². The first kappa shape index (κ1) is 12.0. The first-order valence-electron chi connectivity index (χ1n) is 4.75. The van der Waals surface area contributed by atoms with Crippen molar-refractivity contribution in [1.29, 1.82) is 0 Å². The van der Waals surface area contributed by atoms with Gasteiger partial charge in [0.15, 0.2) is 4.77 Å². The van der Waals surface area contributed by atoms with Crippen molar-refractivity contribution in [3.05, 3.63) is 37.7 Å². The van der Waals surface area contributed by atoms with Gasteiger partial charge >= 0.3 is 0 Å². The van der Waals surface area contributed by atoms with Gasteiger partial charge in [0.2, 0.25) is 0 Å². The molecule has 0 unspecified atom stereocenters. The fraction of sp³-hybridized carbons (Fsp3) is 0.200. The predicted octanol–water partition coefficient (Wildman–Crippen LogP) is 4.02. The molecule has 0 radical (unpaired) electrons. The predicted molar refractivity (Wildman–Crippen MR) is 73.5 cm³/mol. The van der Waals surface area contributed by atoms with Crippen LogP contribution in [0.3, 0.4) is 0 Å². The number of hydrogen-bond donors (Lipinski definition) is 1. The van der Waals surface area contributed by atoms with Crippen molar-refractivity contribution in [2.45, 2.75) is 13.3 Å². The minimum absolute atomic E-state index is 0.601. The van der Waals surface area contributed by atoms with Gasteiger partial charge in [0, 0.05) is 15.4 Å². The van der Waals surface area contributed by atoms with Crippen LogP contribution in [-0.2, 0) is 6.42 Å². The number of nitrogens with one attached hydrogen (secondary N) is 1. The van der Waals surface area contributed by atoms with Gasteiger partial charge in [-0.15, -0.1) is 0 Å². The normalized spacial score (nSPS) is 10.7. The van der Waals surface area contributed by atoms with Crippen LogP contribution in [0.15, 0.2) is 27.1 Å². The maximum atomic E-state index is 5.24. The van der Waals surface area contributed by atoms with Gasteiger partial charge in [-0.25, -0.2) is 0 Å². The van der Waals surface area contributed by atoms with Gasteiger partial charge < -0.3 is 0 Å². The van der Waals surface area contributed by atoms with Crippen LogP contribution in [-0.4, -0.2) is 14.8 Å². The van der Waals surface area contributed by atoms with E-state index in [0.717, 1.165) is 26.9 Å². The summed E-state index contributed by atoms with van der Waals surface area (Å²) in [5.41, 5.74) is 0.984. The zero-order valence-electron chi connectivity index (χ0n) is 8.50. The van der Waals surface area contributed by atoms with Gasteiger partial charge in [0.25, 0.3) is 0 Å². The molecule has 0 aliphatic rings. The number of benzene rings is 1. The van der Waals surface area contributed by atoms with Gasteiger partial charge in [-0.1, -0.05) is 13.0 Å². The van der Waals surface area contributed by atoms with E-state index in [1.807, 2.05) is 29.7 Å². The fourth-order valence-electron chi connectivity index (χ4n) is 1.50. The molecule has 0 aliphatic carbocycles. The highest BCUT2D eigenvalue weighted by atomic mass is 79.9. The Morgan fingerprint density at radius 3 is 2.56 bits per heavy atom. The molecule has 0 saturated carbocycles. The van der Waals surface area contributed by atoms with Gasteiger partial charge in [-0.3, -0.25) is 9.67 Å². The summed E-state index contributed by atoms with van der Waals surface area (Å²) in [4.78, 5) is 0. The maximum Gasteiger partial charge on any atom is 0.199 e. The van der Waals surface area contributed by atoms with E-state index >= 15 is 0 Å². The Hall–Kier alpha value is -0.460. The van der Waals surface area contributed by atoms with E-state index < -0.39 is 0 Å². The van der Waals surface area contributed by atoms with Gasteiger partial charge in [-0.05, 0) is 56.2 Å². The zero-order valence-corrected chi connectivity index (χ0v) is 12.5. The Morgan fingerprint density at radius 2 is 2.00 bits per heavy atom. The van der Waals surface area contributed by atoms with E-state index in [4.69, 9.17) is 12.2 Å². The minimum atomic E-state index is 0.601. The highest BCUT2D eigenvalue weighted by molar-refractivity contribution is 9.11. The maximum absolute atomic E-state index is 5.24. The quantitative estimate of drug-likeness (QED) is 0.818. The molecule has 2 rings (SSSR count). The molecule has 16 heavy (non-hydrogen) atoms. The highest BCUT2D eigenvalue weighted by Gasteiger charge is 2.12. The monoisotopic (exact) mass is 361 g/mol. The molecule has 0 amide bonds. The molecule has 0 spiro atoms. The Labute approximate surface area is 115 Å². The van der Waals surface area contributed by atoms with E-state index in [9.17, 15) is 0 Å². The molecular formula is C10H9Br2N3S. The van der Waals surface area contributed by atoms with Crippen LogP contribution in [0.4, 0.5) is 0 Å².